The number of amides is 2. The molecule has 8 nitrogen and oxygen atoms in total. The van der Waals surface area contributed by atoms with Gasteiger partial charge in [0.1, 0.15) is 11.4 Å². The van der Waals surface area contributed by atoms with Crippen LogP contribution < -0.4 is 5.32 Å². The molecule has 2 aromatic carbocycles. The fourth-order valence-corrected chi connectivity index (χ4v) is 5.00. The first-order valence-electron chi connectivity index (χ1n) is 11.1. The Hall–Kier alpha value is -2.98. The summed E-state index contributed by atoms with van der Waals surface area (Å²) < 4.78 is 45.5. The molecular formula is C24H30FN3O5S. The zero-order valence-electron chi connectivity index (χ0n) is 19.6. The van der Waals surface area contributed by atoms with Crippen LogP contribution in [0.5, 0.6) is 0 Å². The highest BCUT2D eigenvalue weighted by atomic mass is 32.2. The third-order valence-corrected chi connectivity index (χ3v) is 7.14. The Morgan fingerprint density at radius 3 is 2.24 bits per heavy atom. The van der Waals surface area contributed by atoms with Crippen molar-refractivity contribution in [2.24, 2.45) is 0 Å². The van der Waals surface area contributed by atoms with E-state index in [9.17, 15) is 22.4 Å². The van der Waals surface area contributed by atoms with E-state index in [4.69, 9.17) is 4.74 Å². The van der Waals surface area contributed by atoms with Crippen LogP contribution in [-0.2, 0) is 21.3 Å². The molecule has 1 fully saturated rings. The van der Waals surface area contributed by atoms with Crippen molar-refractivity contribution in [3.63, 3.8) is 0 Å². The summed E-state index contributed by atoms with van der Waals surface area (Å²) in [6, 6.07) is 11.6. The van der Waals surface area contributed by atoms with Crippen molar-refractivity contribution in [1.29, 1.82) is 0 Å². The van der Waals surface area contributed by atoms with E-state index >= 15 is 0 Å². The molecule has 0 saturated carbocycles. The highest BCUT2D eigenvalue weighted by Crippen LogP contribution is 2.19. The van der Waals surface area contributed by atoms with Crippen molar-refractivity contribution >= 4 is 22.0 Å². The number of carbonyl (C=O) groups excluding carboxylic acids is 2. The number of hydrogen-bond acceptors (Lipinski definition) is 5. The van der Waals surface area contributed by atoms with Gasteiger partial charge in [-0.3, -0.25) is 4.79 Å². The van der Waals surface area contributed by atoms with Crippen LogP contribution in [0.3, 0.4) is 0 Å². The van der Waals surface area contributed by atoms with E-state index < -0.39 is 27.5 Å². The van der Waals surface area contributed by atoms with Gasteiger partial charge >= 0.3 is 6.09 Å². The average Bonchev–Trinajstić information content (AvgIpc) is 3.04. The van der Waals surface area contributed by atoms with Gasteiger partial charge in [0.05, 0.1) is 4.90 Å². The lowest BCUT2D eigenvalue weighted by Gasteiger charge is -2.22. The lowest BCUT2D eigenvalue weighted by molar-refractivity contribution is 0.0523. The van der Waals surface area contributed by atoms with Crippen molar-refractivity contribution in [3.8, 4) is 0 Å². The summed E-state index contributed by atoms with van der Waals surface area (Å²) in [6.07, 6.45) is -0.0262. The fourth-order valence-electron chi connectivity index (χ4n) is 3.53. The smallest absolute Gasteiger partial charge is 0.407 e. The van der Waals surface area contributed by atoms with Gasteiger partial charge in [-0.1, -0.05) is 12.1 Å². The van der Waals surface area contributed by atoms with Crippen LogP contribution in [-0.4, -0.2) is 61.4 Å². The van der Waals surface area contributed by atoms with Gasteiger partial charge in [-0.2, -0.15) is 4.31 Å². The SMILES string of the molecule is CC(C)(C)OC(=O)NCc1ccc(C(=O)N2CCCN(S(=O)(=O)c3ccc(F)cc3)CC2)cc1. The Morgan fingerprint density at radius 2 is 1.62 bits per heavy atom. The highest BCUT2D eigenvalue weighted by Gasteiger charge is 2.28. The molecule has 10 heteroatoms. The highest BCUT2D eigenvalue weighted by molar-refractivity contribution is 7.89. The Morgan fingerprint density at radius 1 is 0.971 bits per heavy atom. The van der Waals surface area contributed by atoms with Gasteiger partial charge in [0.15, 0.2) is 0 Å². The maximum absolute atomic E-state index is 13.2. The van der Waals surface area contributed by atoms with Gasteiger partial charge in [-0.05, 0) is 69.2 Å². The van der Waals surface area contributed by atoms with Crippen molar-refractivity contribution in [3.05, 3.63) is 65.5 Å². The third-order valence-electron chi connectivity index (χ3n) is 5.23. The number of ether oxygens (including phenoxy) is 1. The van der Waals surface area contributed by atoms with Crippen molar-refractivity contribution in [1.82, 2.24) is 14.5 Å². The molecule has 0 radical (unpaired) electrons. The first kappa shape index (κ1) is 25.6. The minimum absolute atomic E-state index is 0.0317. The van der Waals surface area contributed by atoms with E-state index in [1.807, 2.05) is 0 Å². The molecule has 2 amide bonds. The number of nitrogens with one attached hydrogen (secondary N) is 1. The molecule has 0 aliphatic carbocycles. The number of alkyl carbamates (subject to hydrolysis) is 1. The van der Waals surface area contributed by atoms with E-state index in [-0.39, 0.29) is 37.0 Å². The second kappa shape index (κ2) is 10.5. The number of rotatable bonds is 5. The molecule has 1 N–H and O–H groups in total. The second-order valence-electron chi connectivity index (χ2n) is 9.06. The topological polar surface area (TPSA) is 96.0 Å². The number of carbonyl (C=O) groups is 2. The summed E-state index contributed by atoms with van der Waals surface area (Å²) in [6.45, 7) is 6.73. The van der Waals surface area contributed by atoms with Crippen LogP contribution in [0.25, 0.3) is 0 Å². The van der Waals surface area contributed by atoms with Crippen molar-refractivity contribution in [2.45, 2.75) is 44.2 Å². The quantitative estimate of drug-likeness (QED) is 0.692. The van der Waals surface area contributed by atoms with Gasteiger partial charge in [-0.25, -0.2) is 17.6 Å². The van der Waals surface area contributed by atoms with Crippen LogP contribution in [0.1, 0.15) is 43.1 Å². The van der Waals surface area contributed by atoms with Crippen LogP contribution in [0.4, 0.5) is 9.18 Å². The molecular weight excluding hydrogens is 461 g/mol. The normalized spacial score (nSPS) is 15.5. The standard InChI is InChI=1S/C24H30FN3O5S/c1-24(2,3)33-23(30)26-17-18-5-7-19(8-6-18)22(29)27-13-4-14-28(16-15-27)34(31,32)21-11-9-20(25)10-12-21/h5-12H,4,13-17H2,1-3H3,(H,26,30). The lowest BCUT2D eigenvalue weighted by atomic mass is 10.1. The first-order chi connectivity index (χ1) is 16.0. The summed E-state index contributed by atoms with van der Waals surface area (Å²) in [7, 11) is -3.76. The van der Waals surface area contributed by atoms with E-state index in [1.54, 1.807) is 49.9 Å². The van der Waals surface area contributed by atoms with Gasteiger partial charge in [0.25, 0.3) is 5.91 Å². The average molecular weight is 492 g/mol. The number of nitrogens with zero attached hydrogens (tertiary/aromatic N) is 2. The largest absolute Gasteiger partial charge is 0.444 e. The Balaban J connectivity index is 1.58. The predicted octanol–water partition coefficient (Wildman–Crippen LogP) is 3.39. The summed E-state index contributed by atoms with van der Waals surface area (Å²) >= 11 is 0. The number of halogens is 1. The van der Waals surface area contributed by atoms with Gasteiger partial charge in [0, 0.05) is 38.3 Å². The maximum Gasteiger partial charge on any atom is 0.407 e. The summed E-state index contributed by atoms with van der Waals surface area (Å²) in [5.41, 5.74) is 0.715. The van der Waals surface area contributed by atoms with Gasteiger partial charge < -0.3 is 15.0 Å². The predicted molar refractivity (Wildman–Crippen MR) is 125 cm³/mol. The summed E-state index contributed by atoms with van der Waals surface area (Å²) in [5.74, 6) is -0.689. The monoisotopic (exact) mass is 491 g/mol. The van der Waals surface area contributed by atoms with Crippen LogP contribution in [0, 0.1) is 5.82 Å². The van der Waals surface area contributed by atoms with Crippen molar-refractivity contribution < 1.29 is 27.1 Å². The molecule has 0 atom stereocenters. The molecule has 0 aromatic heterocycles. The van der Waals surface area contributed by atoms with Crippen LogP contribution in [0.15, 0.2) is 53.4 Å². The first-order valence-corrected chi connectivity index (χ1v) is 12.5. The van der Waals surface area contributed by atoms with Gasteiger partial charge in [0.2, 0.25) is 10.0 Å². The summed E-state index contributed by atoms with van der Waals surface area (Å²) in [4.78, 5) is 26.4. The molecule has 1 aliphatic heterocycles. The number of sulfonamides is 1. The summed E-state index contributed by atoms with van der Waals surface area (Å²) in [5, 5.41) is 2.67. The van der Waals surface area contributed by atoms with E-state index in [1.165, 1.54) is 16.4 Å². The lowest BCUT2D eigenvalue weighted by Crippen LogP contribution is -2.37. The Labute approximate surface area is 199 Å². The molecule has 0 unspecified atom stereocenters. The van der Waals surface area contributed by atoms with Crippen LogP contribution in [0.2, 0.25) is 0 Å². The second-order valence-corrected chi connectivity index (χ2v) is 11.0. The molecule has 3 rings (SSSR count). The maximum atomic E-state index is 13.2. The molecule has 0 spiro atoms. The molecule has 1 heterocycles. The number of hydrogen-bond donors (Lipinski definition) is 1. The Kier molecular flexibility index (Phi) is 7.93. The Bertz CT molecular complexity index is 1110. The van der Waals surface area contributed by atoms with E-state index in [2.05, 4.69) is 5.32 Å². The minimum Gasteiger partial charge on any atom is -0.444 e. The molecule has 1 saturated heterocycles. The van der Waals surface area contributed by atoms with Gasteiger partial charge in [-0.15, -0.1) is 0 Å². The molecule has 184 valence electrons. The molecule has 0 bridgehead atoms. The molecule has 2 aromatic rings. The van der Waals surface area contributed by atoms with Crippen LogP contribution >= 0.6 is 0 Å². The molecule has 34 heavy (non-hydrogen) atoms. The minimum atomic E-state index is -3.76. The van der Waals surface area contributed by atoms with Crippen molar-refractivity contribution in [2.75, 3.05) is 26.2 Å². The fraction of sp³-hybridized carbons (Fsp3) is 0.417. The molecule has 1 aliphatic rings. The number of benzene rings is 2. The zero-order chi connectivity index (χ0) is 24.9. The third kappa shape index (κ3) is 6.77. The van der Waals surface area contributed by atoms with E-state index in [0.29, 0.717) is 18.5 Å². The van der Waals surface area contributed by atoms with E-state index in [0.717, 1.165) is 17.7 Å². The zero-order valence-corrected chi connectivity index (χ0v) is 20.4.